The summed E-state index contributed by atoms with van der Waals surface area (Å²) < 4.78 is 26.5. The van der Waals surface area contributed by atoms with Gasteiger partial charge in [-0.3, -0.25) is 0 Å². The van der Waals surface area contributed by atoms with Crippen LogP contribution in [0.25, 0.3) is 0 Å². The lowest BCUT2D eigenvalue weighted by atomic mass is 9.97. The Morgan fingerprint density at radius 3 is 2.75 bits per heavy atom. The third-order valence-electron chi connectivity index (χ3n) is 2.57. The first-order chi connectivity index (χ1) is 7.43. The molecule has 0 radical (unpaired) electrons. The summed E-state index contributed by atoms with van der Waals surface area (Å²) in [5, 5.41) is 0.0711. The minimum Gasteiger partial charge on any atom is -0.335 e. The molecule has 1 atom stereocenters. The monoisotopic (exact) mass is 265 g/mol. The standard InChI is InChI=1S/C9H16ClN3O2S/c1-3-9(2,4-5-10)13-16(14,15)8-6-11-7-12-8/h6-7,13H,3-5H2,1-2H3,(H,11,12). The van der Waals surface area contributed by atoms with Crippen LogP contribution in [0.15, 0.2) is 17.6 Å². The molecule has 0 amide bonds. The van der Waals surface area contributed by atoms with E-state index >= 15 is 0 Å². The van der Waals surface area contributed by atoms with Crippen LogP contribution in [0.1, 0.15) is 26.7 Å². The Morgan fingerprint density at radius 2 is 2.31 bits per heavy atom. The second-order valence-electron chi connectivity index (χ2n) is 3.87. The van der Waals surface area contributed by atoms with Crippen molar-refractivity contribution in [2.24, 2.45) is 0 Å². The van der Waals surface area contributed by atoms with Crippen LogP contribution in [-0.4, -0.2) is 29.8 Å². The molecule has 0 spiro atoms. The van der Waals surface area contributed by atoms with Gasteiger partial charge in [0.2, 0.25) is 0 Å². The van der Waals surface area contributed by atoms with Crippen molar-refractivity contribution in [2.75, 3.05) is 5.88 Å². The third-order valence-corrected chi connectivity index (χ3v) is 4.32. The Hall–Kier alpha value is -0.590. The highest BCUT2D eigenvalue weighted by molar-refractivity contribution is 7.89. The molecule has 1 rings (SSSR count). The van der Waals surface area contributed by atoms with Gasteiger partial charge in [-0.2, -0.15) is 0 Å². The van der Waals surface area contributed by atoms with Crippen molar-refractivity contribution in [3.8, 4) is 0 Å². The van der Waals surface area contributed by atoms with E-state index < -0.39 is 15.6 Å². The van der Waals surface area contributed by atoms with Gasteiger partial charge in [-0.05, 0) is 19.8 Å². The third kappa shape index (κ3) is 3.20. The van der Waals surface area contributed by atoms with E-state index in [1.54, 1.807) is 0 Å². The normalized spacial score (nSPS) is 15.9. The fraction of sp³-hybridized carbons (Fsp3) is 0.667. The first-order valence-electron chi connectivity index (χ1n) is 5.02. The molecule has 0 aliphatic rings. The maximum absolute atomic E-state index is 11.9. The number of sulfonamides is 1. The fourth-order valence-electron chi connectivity index (χ4n) is 1.28. The molecule has 1 aromatic rings. The lowest BCUT2D eigenvalue weighted by Gasteiger charge is -2.28. The zero-order chi connectivity index (χ0) is 12.2. The predicted octanol–water partition coefficient (Wildman–Crippen LogP) is 1.49. The van der Waals surface area contributed by atoms with Crippen LogP contribution < -0.4 is 4.72 Å². The van der Waals surface area contributed by atoms with E-state index in [-0.39, 0.29) is 5.03 Å². The van der Waals surface area contributed by atoms with E-state index in [1.807, 2.05) is 13.8 Å². The van der Waals surface area contributed by atoms with Crippen LogP contribution in [0.5, 0.6) is 0 Å². The van der Waals surface area contributed by atoms with Gasteiger partial charge in [0.15, 0.2) is 5.03 Å². The highest BCUT2D eigenvalue weighted by atomic mass is 35.5. The fourth-order valence-corrected chi connectivity index (χ4v) is 3.11. The number of rotatable bonds is 6. The van der Waals surface area contributed by atoms with Gasteiger partial charge in [-0.15, -0.1) is 11.6 Å². The first kappa shape index (κ1) is 13.5. The molecule has 7 heteroatoms. The zero-order valence-corrected chi connectivity index (χ0v) is 10.9. The van der Waals surface area contributed by atoms with Crippen molar-refractivity contribution < 1.29 is 8.42 Å². The second kappa shape index (κ2) is 5.16. The minimum atomic E-state index is -3.54. The van der Waals surface area contributed by atoms with Crippen molar-refractivity contribution in [3.63, 3.8) is 0 Å². The SMILES string of the molecule is CCC(C)(CCCl)NS(=O)(=O)c1cnc[nH]1. The zero-order valence-electron chi connectivity index (χ0n) is 9.33. The number of halogens is 1. The van der Waals surface area contributed by atoms with E-state index in [2.05, 4.69) is 14.7 Å². The molecular weight excluding hydrogens is 250 g/mol. The molecule has 92 valence electrons. The van der Waals surface area contributed by atoms with E-state index in [9.17, 15) is 8.42 Å². The molecule has 0 fully saturated rings. The highest BCUT2D eigenvalue weighted by Crippen LogP contribution is 2.18. The van der Waals surface area contributed by atoms with Gasteiger partial charge in [0, 0.05) is 11.4 Å². The van der Waals surface area contributed by atoms with Crippen LogP contribution in [0.2, 0.25) is 0 Å². The number of imidazole rings is 1. The van der Waals surface area contributed by atoms with Crippen molar-refractivity contribution in [2.45, 2.75) is 37.3 Å². The Balaban J connectivity index is 2.87. The summed E-state index contributed by atoms with van der Waals surface area (Å²) in [5.41, 5.74) is -0.522. The van der Waals surface area contributed by atoms with E-state index in [4.69, 9.17) is 11.6 Å². The van der Waals surface area contributed by atoms with Gasteiger partial charge >= 0.3 is 0 Å². The summed E-state index contributed by atoms with van der Waals surface area (Å²) >= 11 is 5.66. The predicted molar refractivity (Wildman–Crippen MR) is 62.9 cm³/mol. The lowest BCUT2D eigenvalue weighted by molar-refractivity contribution is 0.390. The lowest BCUT2D eigenvalue weighted by Crippen LogP contribution is -2.45. The maximum atomic E-state index is 11.9. The van der Waals surface area contributed by atoms with Crippen molar-refractivity contribution in [3.05, 3.63) is 12.5 Å². The second-order valence-corrected chi connectivity index (χ2v) is 5.90. The van der Waals surface area contributed by atoms with Crippen LogP contribution in [0, 0.1) is 0 Å². The van der Waals surface area contributed by atoms with Gasteiger partial charge in [0.05, 0.1) is 12.5 Å². The largest absolute Gasteiger partial charge is 0.335 e. The maximum Gasteiger partial charge on any atom is 0.258 e. The van der Waals surface area contributed by atoms with Crippen LogP contribution in [-0.2, 0) is 10.0 Å². The number of aromatic amines is 1. The van der Waals surface area contributed by atoms with Crippen molar-refractivity contribution in [1.82, 2.24) is 14.7 Å². The van der Waals surface area contributed by atoms with Gasteiger partial charge in [-0.25, -0.2) is 18.1 Å². The summed E-state index contributed by atoms with van der Waals surface area (Å²) in [6.45, 7) is 3.76. The van der Waals surface area contributed by atoms with E-state index in [0.717, 1.165) is 0 Å². The molecule has 1 unspecified atom stereocenters. The van der Waals surface area contributed by atoms with Crippen LogP contribution in [0.4, 0.5) is 0 Å². The molecule has 0 aliphatic heterocycles. The summed E-state index contributed by atoms with van der Waals surface area (Å²) in [6.07, 6.45) is 3.87. The number of hydrogen-bond acceptors (Lipinski definition) is 3. The molecule has 0 bridgehead atoms. The molecule has 16 heavy (non-hydrogen) atoms. The molecular formula is C9H16ClN3O2S. The number of H-pyrrole nitrogens is 1. The molecule has 0 saturated heterocycles. The highest BCUT2D eigenvalue weighted by Gasteiger charge is 2.29. The molecule has 0 saturated carbocycles. The number of hydrogen-bond donors (Lipinski definition) is 2. The average molecular weight is 266 g/mol. The van der Waals surface area contributed by atoms with Gasteiger partial charge in [0.25, 0.3) is 10.0 Å². The molecule has 2 N–H and O–H groups in total. The van der Waals surface area contributed by atoms with Crippen molar-refractivity contribution in [1.29, 1.82) is 0 Å². The number of nitrogens with one attached hydrogen (secondary N) is 2. The van der Waals surface area contributed by atoms with Crippen molar-refractivity contribution >= 4 is 21.6 Å². The molecule has 1 aromatic heterocycles. The molecule has 0 aliphatic carbocycles. The Kier molecular flexibility index (Phi) is 4.35. The summed E-state index contributed by atoms with van der Waals surface area (Å²) in [4.78, 5) is 6.26. The minimum absolute atomic E-state index is 0.0711. The quantitative estimate of drug-likeness (QED) is 0.765. The number of alkyl halides is 1. The Morgan fingerprint density at radius 1 is 1.62 bits per heavy atom. The van der Waals surface area contributed by atoms with Gasteiger partial charge < -0.3 is 4.98 Å². The molecule has 0 aromatic carbocycles. The van der Waals surface area contributed by atoms with Crippen LogP contribution >= 0.6 is 11.6 Å². The first-order valence-corrected chi connectivity index (χ1v) is 7.03. The Bertz CT molecular complexity index is 418. The summed E-state index contributed by atoms with van der Waals surface area (Å²) in [7, 11) is -3.54. The number of aromatic nitrogens is 2. The topological polar surface area (TPSA) is 74.8 Å². The molecule has 1 heterocycles. The number of nitrogens with zero attached hydrogens (tertiary/aromatic N) is 1. The molecule has 5 nitrogen and oxygen atoms in total. The van der Waals surface area contributed by atoms with E-state index in [0.29, 0.717) is 18.7 Å². The average Bonchev–Trinajstić information content (AvgIpc) is 2.70. The van der Waals surface area contributed by atoms with Gasteiger partial charge in [0.1, 0.15) is 0 Å². The van der Waals surface area contributed by atoms with Gasteiger partial charge in [-0.1, -0.05) is 6.92 Å². The summed E-state index contributed by atoms with van der Waals surface area (Å²) in [5.74, 6) is 0.413. The smallest absolute Gasteiger partial charge is 0.258 e. The van der Waals surface area contributed by atoms with E-state index in [1.165, 1.54) is 12.5 Å². The Labute approximate surface area is 101 Å². The van der Waals surface area contributed by atoms with Crippen LogP contribution in [0.3, 0.4) is 0 Å². The summed E-state index contributed by atoms with van der Waals surface area (Å²) in [6, 6.07) is 0.